The smallest absolute Gasteiger partial charge is 0.547 e. The standard InChI is InChI=1S/C3H6O3.Ag.H3N/c1-2(4)3(5)6;;/h2,4H,1H3,(H,5,6);;1H3/q;+1;. The van der Waals surface area contributed by atoms with E-state index in [2.05, 4.69) is 0 Å². The van der Waals surface area contributed by atoms with E-state index in [0.29, 0.717) is 0 Å². The van der Waals surface area contributed by atoms with Crippen LogP contribution in [0.15, 0.2) is 0 Å². The topological polar surface area (TPSA) is 96.9 Å². The largest absolute Gasteiger partial charge is 1.00 e. The predicted molar refractivity (Wildman–Crippen MR) is 22.7 cm³/mol. The molecule has 54 valence electrons. The number of aliphatic hydroxyl groups is 1. The van der Waals surface area contributed by atoms with Crippen molar-refractivity contribution in [1.82, 2.24) is 6.15 Å². The Kier molecular flexibility index (Phi) is 14.0. The van der Waals surface area contributed by atoms with Crippen molar-refractivity contribution >= 4 is 5.97 Å². The minimum atomic E-state index is -1.44. The maximum atomic E-state index is 9.34. The average molecular weight is 215 g/mol. The third-order valence-corrected chi connectivity index (χ3v) is 0.341. The summed E-state index contributed by atoms with van der Waals surface area (Å²) < 4.78 is 0. The monoisotopic (exact) mass is 214 g/mol. The second kappa shape index (κ2) is 7.13. The van der Waals surface area contributed by atoms with Crippen molar-refractivity contribution in [3.05, 3.63) is 0 Å². The summed E-state index contributed by atoms with van der Waals surface area (Å²) in [6, 6.07) is 0. The molecule has 0 heterocycles. The molecule has 0 aromatic heterocycles. The molecule has 0 bridgehead atoms. The fourth-order valence-electron chi connectivity index (χ4n) is 0. The molecule has 0 rings (SSSR count). The number of aliphatic carboxylic acids is 1. The van der Waals surface area contributed by atoms with Gasteiger partial charge >= 0.3 is 22.4 Å². The van der Waals surface area contributed by atoms with Crippen LogP contribution in [0, 0.1) is 0 Å². The molecule has 0 aliphatic carbocycles. The van der Waals surface area contributed by atoms with E-state index in [-0.39, 0.29) is 28.5 Å². The number of carbonyl (C=O) groups is 1. The zero-order valence-corrected chi connectivity index (χ0v) is 6.12. The zero-order chi connectivity index (χ0) is 5.15. The Bertz CT molecular complexity index is 65.5. The summed E-state index contributed by atoms with van der Waals surface area (Å²) in [5.74, 6) is -1.44. The van der Waals surface area contributed by atoms with E-state index >= 15 is 0 Å². The van der Waals surface area contributed by atoms with Crippen molar-refractivity contribution in [3.8, 4) is 0 Å². The van der Waals surface area contributed by atoms with Crippen molar-refractivity contribution in [2.24, 2.45) is 0 Å². The molecule has 0 radical (unpaired) electrons. The van der Waals surface area contributed by atoms with Crippen LogP contribution in [0.25, 0.3) is 0 Å². The van der Waals surface area contributed by atoms with Crippen LogP contribution in [-0.4, -0.2) is 17.2 Å². The normalized spacial score (nSPS) is 10.2. The molecular formula is C3H9AgNO3+. The molecule has 0 aliphatic heterocycles. The van der Waals surface area contributed by atoms with E-state index in [0.717, 1.165) is 6.92 Å². The Morgan fingerprint density at radius 3 is 1.88 bits per heavy atom. The van der Waals surface area contributed by atoms with Crippen LogP contribution >= 0.6 is 0 Å². The van der Waals surface area contributed by atoms with Gasteiger partial charge in [-0.3, -0.25) is 0 Å². The number of hydrogen-bond donors (Lipinski definition) is 2. The number of quaternary nitrogens is 1. The van der Waals surface area contributed by atoms with Crippen molar-refractivity contribution in [1.29, 1.82) is 0 Å². The van der Waals surface area contributed by atoms with E-state index in [9.17, 15) is 9.90 Å². The summed E-state index contributed by atoms with van der Waals surface area (Å²) in [4.78, 5) is 9.34. The molecule has 0 fully saturated rings. The number of carbonyl (C=O) groups excluding carboxylic acids is 1. The molecular weight excluding hydrogens is 206 g/mol. The van der Waals surface area contributed by atoms with Crippen molar-refractivity contribution < 1.29 is 37.4 Å². The molecule has 0 aromatic carbocycles. The van der Waals surface area contributed by atoms with Crippen LogP contribution in [0.3, 0.4) is 0 Å². The third kappa shape index (κ3) is 9.46. The van der Waals surface area contributed by atoms with Crippen molar-refractivity contribution in [2.45, 2.75) is 13.0 Å². The maximum Gasteiger partial charge on any atom is 1.00 e. The fourth-order valence-corrected chi connectivity index (χ4v) is 0. The second-order valence-electron chi connectivity index (χ2n) is 0.995. The number of rotatable bonds is 1. The quantitative estimate of drug-likeness (QED) is 0.520. The second-order valence-corrected chi connectivity index (χ2v) is 0.995. The Hall–Kier alpha value is 0.130. The van der Waals surface area contributed by atoms with Gasteiger partial charge < -0.3 is 21.2 Å². The van der Waals surface area contributed by atoms with Crippen LogP contribution in [0.4, 0.5) is 0 Å². The third-order valence-electron chi connectivity index (χ3n) is 0.341. The summed E-state index contributed by atoms with van der Waals surface area (Å²) in [5.41, 5.74) is 0. The van der Waals surface area contributed by atoms with Gasteiger partial charge in [-0.1, -0.05) is 0 Å². The summed E-state index contributed by atoms with van der Waals surface area (Å²) in [6.07, 6.45) is -1.34. The summed E-state index contributed by atoms with van der Waals surface area (Å²) >= 11 is 0. The van der Waals surface area contributed by atoms with Crippen LogP contribution in [0.5, 0.6) is 0 Å². The van der Waals surface area contributed by atoms with E-state index in [1.165, 1.54) is 0 Å². The zero-order valence-electron chi connectivity index (χ0n) is 4.64. The van der Waals surface area contributed by atoms with E-state index in [1.807, 2.05) is 0 Å². The maximum absolute atomic E-state index is 9.34. The first-order valence-electron chi connectivity index (χ1n) is 1.53. The van der Waals surface area contributed by atoms with Gasteiger partial charge in [0.05, 0.1) is 12.1 Å². The van der Waals surface area contributed by atoms with E-state index < -0.39 is 12.1 Å². The molecule has 5 heteroatoms. The van der Waals surface area contributed by atoms with Gasteiger partial charge in [-0.15, -0.1) is 0 Å². The molecule has 0 spiro atoms. The Balaban J connectivity index is -0.000000125. The first-order chi connectivity index (χ1) is 2.64. The van der Waals surface area contributed by atoms with Crippen LogP contribution < -0.4 is 11.3 Å². The van der Waals surface area contributed by atoms with Gasteiger partial charge in [0.1, 0.15) is 0 Å². The fraction of sp³-hybridized carbons (Fsp3) is 0.667. The van der Waals surface area contributed by atoms with Gasteiger partial charge in [-0.25, -0.2) is 0 Å². The molecule has 4 nitrogen and oxygen atoms in total. The van der Waals surface area contributed by atoms with Crippen LogP contribution in [-0.2, 0) is 27.2 Å². The number of carboxylic acid groups (broad SMARTS) is 1. The van der Waals surface area contributed by atoms with Gasteiger partial charge in [0.15, 0.2) is 0 Å². The molecule has 1 unspecified atom stereocenters. The minimum Gasteiger partial charge on any atom is -0.547 e. The molecule has 0 aliphatic rings. The molecule has 0 saturated carbocycles. The Labute approximate surface area is 63.0 Å². The Morgan fingerprint density at radius 1 is 1.75 bits per heavy atom. The van der Waals surface area contributed by atoms with Gasteiger partial charge in [-0.2, -0.15) is 0 Å². The average Bonchev–Trinajstić information content (AvgIpc) is 1.36. The van der Waals surface area contributed by atoms with Gasteiger partial charge in [-0.05, 0) is 6.92 Å². The number of hydrogen-bond acceptors (Lipinski definition) is 3. The first-order valence-corrected chi connectivity index (χ1v) is 1.53. The van der Waals surface area contributed by atoms with E-state index in [4.69, 9.17) is 5.11 Å². The van der Waals surface area contributed by atoms with Gasteiger partial charge in [0, 0.05) is 0 Å². The molecule has 8 heavy (non-hydrogen) atoms. The Morgan fingerprint density at radius 2 is 1.88 bits per heavy atom. The number of carboxylic acids is 1. The van der Waals surface area contributed by atoms with Gasteiger partial charge in [0.2, 0.25) is 0 Å². The minimum absolute atomic E-state index is 0. The molecule has 5 N–H and O–H groups in total. The van der Waals surface area contributed by atoms with Crippen molar-refractivity contribution in [2.75, 3.05) is 0 Å². The van der Waals surface area contributed by atoms with Crippen LogP contribution in [0.2, 0.25) is 0 Å². The molecule has 0 aromatic rings. The summed E-state index contributed by atoms with van der Waals surface area (Å²) in [7, 11) is 0. The summed E-state index contributed by atoms with van der Waals surface area (Å²) in [6.45, 7) is 1.13. The summed E-state index contributed by atoms with van der Waals surface area (Å²) in [5, 5.41) is 17.3. The first kappa shape index (κ1) is 15.7. The van der Waals surface area contributed by atoms with Crippen molar-refractivity contribution in [3.63, 3.8) is 0 Å². The molecule has 1 atom stereocenters. The predicted octanol–water partition coefficient (Wildman–Crippen LogP) is -1.51. The molecule has 0 amide bonds. The van der Waals surface area contributed by atoms with E-state index in [1.54, 1.807) is 0 Å². The van der Waals surface area contributed by atoms with Crippen LogP contribution in [0.1, 0.15) is 6.92 Å². The number of aliphatic hydroxyl groups excluding tert-OH is 1. The molecule has 0 saturated heterocycles. The van der Waals surface area contributed by atoms with Gasteiger partial charge in [0.25, 0.3) is 0 Å². The SMILES string of the molecule is CC(O)C(=O)[O-].[Ag+].[NH4+].